The minimum Gasteiger partial charge on any atom is -0.309 e. The van der Waals surface area contributed by atoms with Gasteiger partial charge in [0.25, 0.3) is 0 Å². The summed E-state index contributed by atoms with van der Waals surface area (Å²) in [6.45, 7) is 8.23. The summed E-state index contributed by atoms with van der Waals surface area (Å²) >= 11 is 0. The Balaban J connectivity index is 1.21. The molecule has 10 aromatic carbocycles. The zero-order valence-electron chi connectivity index (χ0n) is 40.1. The average molecular weight is 938 g/mol. The van der Waals surface area contributed by atoms with Gasteiger partial charge in [-0.1, -0.05) is 156 Å². The lowest BCUT2D eigenvalue weighted by molar-refractivity contribution is -0.137. The second-order valence-electron chi connectivity index (χ2n) is 19.2. The van der Waals surface area contributed by atoms with Gasteiger partial charge in [-0.15, -0.1) is 0 Å². The molecule has 0 N–H and O–H groups in total. The molecule has 2 aromatic heterocycles. The smallest absolute Gasteiger partial charge is 0.309 e. The molecule has 0 aliphatic heterocycles. The Hall–Kier alpha value is -8.92. The lowest BCUT2D eigenvalue weighted by atomic mass is 9.97. The van der Waals surface area contributed by atoms with E-state index in [1.54, 1.807) is 39.5 Å². The fourth-order valence-corrected chi connectivity index (χ4v) is 10.8. The maximum atomic E-state index is 17.0. The van der Waals surface area contributed by atoms with Crippen molar-refractivity contribution in [1.29, 1.82) is 5.26 Å². The van der Waals surface area contributed by atoms with Crippen LogP contribution in [0.25, 0.3) is 111 Å². The van der Waals surface area contributed by atoms with Crippen LogP contribution in [0, 0.1) is 39.0 Å². The number of halogens is 3. The van der Waals surface area contributed by atoms with Crippen LogP contribution in [0.2, 0.25) is 0 Å². The molecule has 3 nitrogen and oxygen atoms in total. The standard InChI is InChI=1S/C66H46F3N3/c1-40-10-5-15-45(28-40)50-20-24-59-55(33-50)56-34-51(46-16-6-11-41(2)29-46)21-25-60(56)71(59)63-37-54(49-19-9-14-44(32-49)39-70)38-64(65(63)66(67,68)69)72-61-26-22-52(47-17-7-12-42(3)30-47)35-57(61)58-36-53(23-27-62(58)72)48-18-8-13-43(4)31-48/h5-38H,1-4H3. The molecule has 12 rings (SSSR count). The fourth-order valence-electron chi connectivity index (χ4n) is 10.8. The van der Waals surface area contributed by atoms with Crippen LogP contribution in [0.1, 0.15) is 33.4 Å². The average Bonchev–Trinajstić information content (AvgIpc) is 3.89. The van der Waals surface area contributed by atoms with Crippen LogP contribution in [0.15, 0.2) is 206 Å². The van der Waals surface area contributed by atoms with Crippen LogP contribution in [-0.4, -0.2) is 9.13 Å². The Kier molecular flexibility index (Phi) is 10.6. The van der Waals surface area contributed by atoms with E-state index in [4.69, 9.17) is 0 Å². The van der Waals surface area contributed by atoms with Crippen molar-refractivity contribution in [1.82, 2.24) is 9.13 Å². The Morgan fingerprint density at radius 1 is 0.333 bits per heavy atom. The Morgan fingerprint density at radius 2 is 0.625 bits per heavy atom. The zero-order valence-corrected chi connectivity index (χ0v) is 40.1. The van der Waals surface area contributed by atoms with Crippen molar-refractivity contribution in [3.8, 4) is 73.1 Å². The predicted molar refractivity (Wildman–Crippen MR) is 291 cm³/mol. The van der Waals surface area contributed by atoms with Crippen LogP contribution < -0.4 is 0 Å². The molecular formula is C66H46F3N3. The minimum absolute atomic E-state index is 0.0215. The third-order valence-corrected chi connectivity index (χ3v) is 14.1. The largest absolute Gasteiger partial charge is 0.420 e. The highest BCUT2D eigenvalue weighted by atomic mass is 19.4. The van der Waals surface area contributed by atoms with Crippen molar-refractivity contribution in [2.24, 2.45) is 0 Å². The molecule has 6 heteroatoms. The third kappa shape index (κ3) is 7.71. The van der Waals surface area contributed by atoms with E-state index in [-0.39, 0.29) is 11.4 Å². The Labute approximate surface area is 415 Å². The number of nitrogens with zero attached hydrogens (tertiary/aromatic N) is 3. The number of aromatic nitrogens is 2. The fraction of sp³-hybridized carbons (Fsp3) is 0.0758. The highest BCUT2D eigenvalue weighted by Gasteiger charge is 2.40. The molecule has 0 bridgehead atoms. The van der Waals surface area contributed by atoms with Crippen molar-refractivity contribution in [3.63, 3.8) is 0 Å². The van der Waals surface area contributed by atoms with Crippen LogP contribution >= 0.6 is 0 Å². The first kappa shape index (κ1) is 44.3. The minimum atomic E-state index is -4.85. The van der Waals surface area contributed by atoms with E-state index >= 15 is 13.2 Å². The van der Waals surface area contributed by atoms with Gasteiger partial charge in [0.05, 0.1) is 45.1 Å². The molecule has 0 fully saturated rings. The zero-order chi connectivity index (χ0) is 49.4. The maximum absolute atomic E-state index is 17.0. The topological polar surface area (TPSA) is 33.6 Å². The normalized spacial score (nSPS) is 11.8. The van der Waals surface area contributed by atoms with Gasteiger partial charge in [0, 0.05) is 21.5 Å². The summed E-state index contributed by atoms with van der Waals surface area (Å²) in [4.78, 5) is 0. The van der Waals surface area contributed by atoms with Crippen LogP contribution in [0.5, 0.6) is 0 Å². The molecule has 12 aromatic rings. The molecule has 72 heavy (non-hydrogen) atoms. The van der Waals surface area contributed by atoms with Crippen LogP contribution in [-0.2, 0) is 6.18 Å². The Morgan fingerprint density at radius 3 is 0.917 bits per heavy atom. The first-order valence-electron chi connectivity index (χ1n) is 24.1. The van der Waals surface area contributed by atoms with Crippen molar-refractivity contribution in [2.45, 2.75) is 33.9 Å². The van der Waals surface area contributed by atoms with Crippen molar-refractivity contribution in [3.05, 3.63) is 240 Å². The van der Waals surface area contributed by atoms with Gasteiger partial charge in [0.1, 0.15) is 5.56 Å². The summed E-state index contributed by atoms with van der Waals surface area (Å²) in [5.74, 6) is 0. The lowest BCUT2D eigenvalue weighted by Gasteiger charge is -2.23. The van der Waals surface area contributed by atoms with Gasteiger partial charge in [-0.05, 0) is 156 Å². The molecule has 0 spiro atoms. The number of rotatable bonds is 7. The SMILES string of the molecule is Cc1cccc(-c2ccc3c(c2)c2cc(-c4cccc(C)c4)ccc2n3-c2cc(-c3cccc(C#N)c3)cc(-n3c4ccc(-c5cccc(C)c5)cc4c4cc(-c5cccc(C)c5)ccc43)c2C(F)(F)F)c1. The van der Waals surface area contributed by atoms with Crippen molar-refractivity contribution in [2.75, 3.05) is 0 Å². The number of fused-ring (bicyclic) bond motifs is 6. The number of nitriles is 1. The summed E-state index contributed by atoms with van der Waals surface area (Å²) in [6.07, 6.45) is -4.85. The molecule has 0 saturated carbocycles. The van der Waals surface area contributed by atoms with Crippen LogP contribution in [0.3, 0.4) is 0 Å². The molecule has 346 valence electrons. The second-order valence-corrected chi connectivity index (χ2v) is 19.2. The van der Waals surface area contributed by atoms with E-state index in [1.165, 1.54) is 0 Å². The first-order valence-corrected chi connectivity index (χ1v) is 24.1. The van der Waals surface area contributed by atoms with Gasteiger partial charge >= 0.3 is 6.18 Å². The van der Waals surface area contributed by atoms with E-state index in [0.29, 0.717) is 38.8 Å². The molecule has 0 atom stereocenters. The molecule has 2 heterocycles. The summed E-state index contributed by atoms with van der Waals surface area (Å²) < 4.78 is 54.5. The Bertz CT molecular complexity index is 3780. The molecule has 0 aliphatic carbocycles. The number of benzene rings is 10. The number of hydrogen-bond donors (Lipinski definition) is 0. The van der Waals surface area contributed by atoms with Gasteiger partial charge in [-0.2, -0.15) is 18.4 Å². The quantitative estimate of drug-likeness (QED) is 0.157. The van der Waals surface area contributed by atoms with Crippen molar-refractivity contribution >= 4 is 43.6 Å². The summed E-state index contributed by atoms with van der Waals surface area (Å²) in [5.41, 5.74) is 15.7. The van der Waals surface area contributed by atoms with Gasteiger partial charge in [0.15, 0.2) is 0 Å². The first-order chi connectivity index (χ1) is 34.9. The van der Waals surface area contributed by atoms with Gasteiger partial charge < -0.3 is 9.13 Å². The molecule has 0 radical (unpaired) electrons. The van der Waals surface area contributed by atoms with Gasteiger partial charge in [0.2, 0.25) is 0 Å². The van der Waals surface area contributed by atoms with Gasteiger partial charge in [-0.3, -0.25) is 0 Å². The highest BCUT2D eigenvalue weighted by molar-refractivity contribution is 6.14. The monoisotopic (exact) mass is 937 g/mol. The number of alkyl halides is 3. The maximum Gasteiger partial charge on any atom is 0.420 e. The molecule has 0 aliphatic rings. The summed E-state index contributed by atoms with van der Waals surface area (Å²) in [5, 5.41) is 13.4. The van der Waals surface area contributed by atoms with E-state index in [2.05, 4.69) is 131 Å². The number of hydrogen-bond acceptors (Lipinski definition) is 1. The lowest BCUT2D eigenvalue weighted by Crippen LogP contribution is -2.16. The number of aryl methyl sites for hydroxylation is 4. The van der Waals surface area contributed by atoms with E-state index in [1.807, 2.05) is 78.9 Å². The molecular weight excluding hydrogens is 892 g/mol. The summed E-state index contributed by atoms with van der Waals surface area (Å²) in [7, 11) is 0. The predicted octanol–water partition coefficient (Wildman–Crippen LogP) is 18.3. The van der Waals surface area contributed by atoms with E-state index < -0.39 is 11.7 Å². The van der Waals surface area contributed by atoms with Gasteiger partial charge in [-0.25, -0.2) is 0 Å². The second kappa shape index (κ2) is 17.2. The molecule has 0 saturated heterocycles. The van der Waals surface area contributed by atoms with Crippen LogP contribution in [0.4, 0.5) is 13.2 Å². The summed E-state index contributed by atoms with van der Waals surface area (Å²) in [6, 6.07) is 70.1. The van der Waals surface area contributed by atoms with E-state index in [0.717, 1.165) is 88.3 Å². The van der Waals surface area contributed by atoms with E-state index in [9.17, 15) is 5.26 Å². The molecule has 0 amide bonds. The highest BCUT2D eigenvalue weighted by Crippen LogP contribution is 2.48. The van der Waals surface area contributed by atoms with Crippen molar-refractivity contribution < 1.29 is 13.2 Å². The molecule has 0 unspecified atom stereocenters. The third-order valence-electron chi connectivity index (χ3n) is 14.1.